The Bertz CT molecular complexity index is 747. The van der Waals surface area contributed by atoms with Crippen LogP contribution in [0.4, 0.5) is 4.39 Å². The van der Waals surface area contributed by atoms with Crippen LogP contribution in [0, 0.1) is 11.7 Å². The highest BCUT2D eigenvalue weighted by Gasteiger charge is 2.29. The normalized spacial score (nSPS) is 17.7. The van der Waals surface area contributed by atoms with Crippen LogP contribution in [0.25, 0.3) is 0 Å². The molecule has 0 spiro atoms. The van der Waals surface area contributed by atoms with E-state index in [0.29, 0.717) is 19.0 Å². The van der Waals surface area contributed by atoms with E-state index in [1.165, 1.54) is 0 Å². The van der Waals surface area contributed by atoms with E-state index in [1.54, 1.807) is 9.58 Å². The van der Waals surface area contributed by atoms with E-state index in [9.17, 15) is 14.3 Å². The average molecular weight is 338 g/mol. The number of aromatic hydroxyl groups is 1. The molecule has 0 aliphatic carbocycles. The van der Waals surface area contributed by atoms with Gasteiger partial charge < -0.3 is 10.0 Å². The number of phenols is 1. The van der Waals surface area contributed by atoms with Gasteiger partial charge in [0, 0.05) is 26.3 Å². The first kappa shape index (κ1) is 15.8. The van der Waals surface area contributed by atoms with Gasteiger partial charge in [-0.05, 0) is 36.5 Å². The molecule has 7 heteroatoms. The number of carbonyl (C=O) groups is 1. The number of hydrogen-bond donors (Lipinski definition) is 1. The standard InChI is InChI=1S/C16H17ClFN3O2/c1-20-8-11(7-19-20)4-10-2-3-21(9-10)16(23)13-5-12(18)6-14(17)15(13)22/h5-8,10,22H,2-4,9H2,1H3/t10-/m0/s1. The molecule has 1 amide bonds. The van der Waals surface area contributed by atoms with Crippen molar-refractivity contribution in [2.75, 3.05) is 13.1 Å². The van der Waals surface area contributed by atoms with E-state index in [1.807, 2.05) is 19.4 Å². The molecule has 5 nitrogen and oxygen atoms in total. The molecule has 1 aromatic carbocycles. The van der Waals surface area contributed by atoms with Crippen LogP contribution in [0.2, 0.25) is 5.02 Å². The Hall–Kier alpha value is -2.08. The minimum Gasteiger partial charge on any atom is -0.506 e. The fourth-order valence-electron chi connectivity index (χ4n) is 2.99. The molecule has 0 bridgehead atoms. The van der Waals surface area contributed by atoms with Crippen LogP contribution in [0.15, 0.2) is 24.5 Å². The maximum atomic E-state index is 13.4. The third kappa shape index (κ3) is 3.32. The van der Waals surface area contributed by atoms with Gasteiger partial charge in [0.1, 0.15) is 11.6 Å². The number of nitrogens with zero attached hydrogens (tertiary/aromatic N) is 3. The quantitative estimate of drug-likeness (QED) is 0.936. The zero-order chi connectivity index (χ0) is 16.6. The SMILES string of the molecule is Cn1cc(C[C@@H]2CCN(C(=O)c3cc(F)cc(Cl)c3O)C2)cn1. The van der Waals surface area contributed by atoms with Gasteiger partial charge in [0.2, 0.25) is 0 Å². The third-order valence-electron chi connectivity index (χ3n) is 4.11. The number of hydrogen-bond acceptors (Lipinski definition) is 3. The summed E-state index contributed by atoms with van der Waals surface area (Å²) in [7, 11) is 1.87. The smallest absolute Gasteiger partial charge is 0.257 e. The molecule has 1 aromatic heterocycles. The van der Waals surface area contributed by atoms with Gasteiger partial charge in [-0.3, -0.25) is 9.48 Å². The lowest BCUT2D eigenvalue weighted by molar-refractivity contribution is 0.0783. The minimum absolute atomic E-state index is 0.0861. The van der Waals surface area contributed by atoms with E-state index >= 15 is 0 Å². The Balaban J connectivity index is 1.70. The molecule has 0 radical (unpaired) electrons. The molecule has 1 fully saturated rings. The van der Waals surface area contributed by atoms with Crippen LogP contribution in [0.3, 0.4) is 0 Å². The Morgan fingerprint density at radius 3 is 3.00 bits per heavy atom. The maximum Gasteiger partial charge on any atom is 0.257 e. The van der Waals surface area contributed by atoms with Crippen molar-refractivity contribution in [3.8, 4) is 5.75 Å². The van der Waals surface area contributed by atoms with Gasteiger partial charge in [-0.1, -0.05) is 11.6 Å². The number of phenolic OH excluding ortho intramolecular Hbond substituents is 1. The highest BCUT2D eigenvalue weighted by atomic mass is 35.5. The summed E-state index contributed by atoms with van der Waals surface area (Å²) in [5, 5.41) is 13.9. The number of halogens is 2. The summed E-state index contributed by atoms with van der Waals surface area (Å²) in [6, 6.07) is 2.01. The zero-order valence-corrected chi connectivity index (χ0v) is 13.4. The lowest BCUT2D eigenvalue weighted by atomic mass is 10.0. The van der Waals surface area contributed by atoms with Gasteiger partial charge >= 0.3 is 0 Å². The van der Waals surface area contributed by atoms with Crippen molar-refractivity contribution in [2.45, 2.75) is 12.8 Å². The van der Waals surface area contributed by atoms with Crippen LogP contribution in [-0.2, 0) is 13.5 Å². The summed E-state index contributed by atoms with van der Waals surface area (Å²) < 4.78 is 15.2. The lowest BCUT2D eigenvalue weighted by Crippen LogP contribution is -2.29. The van der Waals surface area contributed by atoms with Crippen LogP contribution >= 0.6 is 11.6 Å². The second-order valence-electron chi connectivity index (χ2n) is 5.92. The molecule has 1 N–H and O–H groups in total. The monoisotopic (exact) mass is 337 g/mol. The van der Waals surface area contributed by atoms with E-state index in [2.05, 4.69) is 5.10 Å². The molecule has 2 heterocycles. The molecular formula is C16H17ClFN3O2. The summed E-state index contributed by atoms with van der Waals surface area (Å²) in [4.78, 5) is 14.1. The van der Waals surface area contributed by atoms with Gasteiger partial charge in [0.15, 0.2) is 0 Å². The molecule has 2 aromatic rings. The summed E-state index contributed by atoms with van der Waals surface area (Å²) in [6.45, 7) is 1.15. The molecule has 1 aliphatic heterocycles. The molecule has 0 unspecified atom stereocenters. The van der Waals surface area contributed by atoms with Crippen LogP contribution < -0.4 is 0 Å². The second-order valence-corrected chi connectivity index (χ2v) is 6.32. The fraction of sp³-hybridized carbons (Fsp3) is 0.375. The van der Waals surface area contributed by atoms with Gasteiger partial charge in [-0.25, -0.2) is 4.39 Å². The second kappa shape index (κ2) is 6.20. The van der Waals surface area contributed by atoms with E-state index in [4.69, 9.17) is 11.6 Å². The summed E-state index contributed by atoms with van der Waals surface area (Å²) in [5.41, 5.74) is 1.04. The molecule has 1 atom stereocenters. The lowest BCUT2D eigenvalue weighted by Gasteiger charge is -2.17. The first-order valence-electron chi connectivity index (χ1n) is 7.39. The number of rotatable bonds is 3. The van der Waals surface area contributed by atoms with Crippen molar-refractivity contribution in [2.24, 2.45) is 13.0 Å². The number of amides is 1. The number of likely N-dealkylation sites (tertiary alicyclic amines) is 1. The zero-order valence-electron chi connectivity index (χ0n) is 12.7. The average Bonchev–Trinajstić information content (AvgIpc) is 3.12. The predicted octanol–water partition coefficient (Wildman–Crippen LogP) is 2.62. The number of aromatic nitrogens is 2. The number of carbonyl (C=O) groups excluding carboxylic acids is 1. The Morgan fingerprint density at radius 1 is 1.52 bits per heavy atom. The van der Waals surface area contributed by atoms with Gasteiger partial charge in [0.25, 0.3) is 5.91 Å². The molecule has 1 aliphatic rings. The largest absolute Gasteiger partial charge is 0.506 e. The van der Waals surface area contributed by atoms with Gasteiger partial charge in [0.05, 0.1) is 16.8 Å². The molecule has 1 saturated heterocycles. The number of benzene rings is 1. The first-order valence-corrected chi connectivity index (χ1v) is 7.76. The topological polar surface area (TPSA) is 58.4 Å². The van der Waals surface area contributed by atoms with Crippen molar-refractivity contribution < 1.29 is 14.3 Å². The molecule has 23 heavy (non-hydrogen) atoms. The van der Waals surface area contributed by atoms with Gasteiger partial charge in [-0.2, -0.15) is 5.10 Å². The summed E-state index contributed by atoms with van der Waals surface area (Å²) >= 11 is 5.74. The molecule has 0 saturated carbocycles. The predicted molar refractivity (Wildman–Crippen MR) is 84.0 cm³/mol. The van der Waals surface area contributed by atoms with Crippen LogP contribution in [0.1, 0.15) is 22.3 Å². The highest BCUT2D eigenvalue weighted by molar-refractivity contribution is 6.32. The molecule has 3 rings (SSSR count). The van der Waals surface area contributed by atoms with Crippen LogP contribution in [0.5, 0.6) is 5.75 Å². The third-order valence-corrected chi connectivity index (χ3v) is 4.40. The highest BCUT2D eigenvalue weighted by Crippen LogP contribution is 2.31. The Kier molecular flexibility index (Phi) is 4.26. The van der Waals surface area contributed by atoms with Crippen molar-refractivity contribution in [1.82, 2.24) is 14.7 Å². The van der Waals surface area contributed by atoms with Crippen molar-refractivity contribution in [3.05, 3.63) is 46.5 Å². The van der Waals surface area contributed by atoms with Crippen LogP contribution in [-0.4, -0.2) is 38.8 Å². The molecule has 122 valence electrons. The van der Waals surface area contributed by atoms with Crippen molar-refractivity contribution in [3.63, 3.8) is 0 Å². The van der Waals surface area contributed by atoms with Crippen molar-refractivity contribution >= 4 is 17.5 Å². The summed E-state index contributed by atoms with van der Waals surface area (Å²) in [6.07, 6.45) is 5.49. The van der Waals surface area contributed by atoms with E-state index in [-0.39, 0.29) is 16.3 Å². The van der Waals surface area contributed by atoms with E-state index in [0.717, 1.165) is 30.5 Å². The minimum atomic E-state index is -0.637. The number of aryl methyl sites for hydroxylation is 1. The summed E-state index contributed by atoms with van der Waals surface area (Å²) in [5.74, 6) is -1.07. The fourth-order valence-corrected chi connectivity index (χ4v) is 3.20. The maximum absolute atomic E-state index is 13.4. The van der Waals surface area contributed by atoms with E-state index < -0.39 is 11.7 Å². The first-order chi connectivity index (χ1) is 10.9. The van der Waals surface area contributed by atoms with Gasteiger partial charge in [-0.15, -0.1) is 0 Å². The Labute approximate surface area is 138 Å². The Morgan fingerprint density at radius 2 is 2.30 bits per heavy atom. The molecular weight excluding hydrogens is 321 g/mol. The van der Waals surface area contributed by atoms with Crippen molar-refractivity contribution in [1.29, 1.82) is 0 Å².